The maximum atomic E-state index is 12.9. The number of carbonyl (C=O) groups is 2. The molecule has 1 aliphatic heterocycles. The number of para-hydroxylation sites is 1. The Hall–Kier alpha value is -2.10. The summed E-state index contributed by atoms with van der Waals surface area (Å²) in [4.78, 5) is 28.8. The number of fused-ring (bicyclic) bond motifs is 1. The molecule has 1 aliphatic rings. The number of hydrogen-bond acceptors (Lipinski definition) is 3. The SMILES string of the molecule is CP(C)(=O)CCCN1C(=O)CC(=O)N(c2ccccc2)c2cc(Cl)ccc21. The van der Waals surface area contributed by atoms with Gasteiger partial charge < -0.3 is 9.46 Å². The molecule has 0 saturated heterocycles. The first-order valence-corrected chi connectivity index (χ1v) is 11.9. The summed E-state index contributed by atoms with van der Waals surface area (Å²) in [7, 11) is -2.16. The first kappa shape index (κ1) is 19.7. The van der Waals surface area contributed by atoms with Gasteiger partial charge in [0.05, 0.1) is 18.5 Å². The number of rotatable bonds is 5. The normalized spacial score (nSPS) is 14.9. The number of amides is 2. The van der Waals surface area contributed by atoms with E-state index in [1.54, 1.807) is 41.3 Å². The van der Waals surface area contributed by atoms with E-state index in [0.29, 0.717) is 41.2 Å². The van der Waals surface area contributed by atoms with Crippen molar-refractivity contribution in [3.8, 4) is 0 Å². The second-order valence-electron chi connectivity index (χ2n) is 7.07. The minimum absolute atomic E-state index is 0.225. The molecule has 0 saturated carbocycles. The van der Waals surface area contributed by atoms with Crippen molar-refractivity contribution >= 4 is 47.6 Å². The van der Waals surface area contributed by atoms with Crippen molar-refractivity contribution in [1.29, 1.82) is 0 Å². The lowest BCUT2D eigenvalue weighted by Gasteiger charge is -2.26. The molecule has 1 heterocycles. The molecule has 0 atom stereocenters. The van der Waals surface area contributed by atoms with Crippen molar-refractivity contribution in [3.63, 3.8) is 0 Å². The maximum Gasteiger partial charge on any atom is 0.241 e. The fourth-order valence-corrected chi connectivity index (χ4v) is 4.26. The van der Waals surface area contributed by atoms with E-state index < -0.39 is 7.14 Å². The number of anilines is 3. The van der Waals surface area contributed by atoms with Crippen LogP contribution in [0.15, 0.2) is 48.5 Å². The Labute approximate surface area is 164 Å². The Morgan fingerprint density at radius 1 is 1.00 bits per heavy atom. The molecule has 0 radical (unpaired) electrons. The summed E-state index contributed by atoms with van der Waals surface area (Å²) < 4.78 is 12.0. The average Bonchev–Trinajstić information content (AvgIpc) is 2.69. The van der Waals surface area contributed by atoms with Gasteiger partial charge in [0.15, 0.2) is 0 Å². The summed E-state index contributed by atoms with van der Waals surface area (Å²) >= 11 is 6.20. The van der Waals surface area contributed by atoms with Gasteiger partial charge in [0.2, 0.25) is 11.8 Å². The molecule has 7 heteroatoms. The van der Waals surface area contributed by atoms with Crippen molar-refractivity contribution in [1.82, 2.24) is 0 Å². The van der Waals surface area contributed by atoms with Gasteiger partial charge in [0, 0.05) is 23.4 Å². The van der Waals surface area contributed by atoms with E-state index in [1.165, 1.54) is 0 Å². The summed E-state index contributed by atoms with van der Waals surface area (Å²) in [5.41, 5.74) is 1.91. The summed E-state index contributed by atoms with van der Waals surface area (Å²) in [6, 6.07) is 14.4. The third-order valence-corrected chi connectivity index (χ3v) is 6.04. The van der Waals surface area contributed by atoms with Gasteiger partial charge in [-0.3, -0.25) is 14.5 Å². The zero-order chi connectivity index (χ0) is 19.6. The van der Waals surface area contributed by atoms with Crippen LogP contribution in [0.4, 0.5) is 17.1 Å². The van der Waals surface area contributed by atoms with Gasteiger partial charge in [0.1, 0.15) is 6.42 Å². The molecule has 0 N–H and O–H groups in total. The van der Waals surface area contributed by atoms with Crippen LogP contribution in [0.3, 0.4) is 0 Å². The van der Waals surface area contributed by atoms with Gasteiger partial charge >= 0.3 is 0 Å². The van der Waals surface area contributed by atoms with Crippen LogP contribution in [0, 0.1) is 0 Å². The molecule has 0 spiro atoms. The highest BCUT2D eigenvalue weighted by Crippen LogP contribution is 2.41. The van der Waals surface area contributed by atoms with E-state index in [-0.39, 0.29) is 18.2 Å². The molecule has 2 amide bonds. The molecule has 0 bridgehead atoms. The number of benzene rings is 2. The van der Waals surface area contributed by atoms with E-state index >= 15 is 0 Å². The van der Waals surface area contributed by atoms with Gasteiger partial charge in [-0.2, -0.15) is 0 Å². The Balaban J connectivity index is 2.03. The highest BCUT2D eigenvalue weighted by molar-refractivity contribution is 7.62. The first-order valence-electron chi connectivity index (χ1n) is 8.78. The summed E-state index contributed by atoms with van der Waals surface area (Å²) in [6.07, 6.45) is 0.935. The van der Waals surface area contributed by atoms with E-state index in [9.17, 15) is 14.2 Å². The predicted octanol–water partition coefficient (Wildman–Crippen LogP) is 4.75. The lowest BCUT2D eigenvalue weighted by Crippen LogP contribution is -2.33. The van der Waals surface area contributed by atoms with Crippen LogP contribution >= 0.6 is 18.7 Å². The molecule has 0 unspecified atom stereocenters. The fourth-order valence-electron chi connectivity index (χ4n) is 3.19. The lowest BCUT2D eigenvalue weighted by atomic mass is 10.2. The standard InChI is InChI=1S/C20H22ClN2O3P/c1-27(2,26)12-6-11-22-17-10-9-15(21)13-18(17)23(20(25)14-19(22)24)16-7-4-3-5-8-16/h3-5,7-10,13H,6,11-12,14H2,1-2H3. The van der Waals surface area contributed by atoms with Crippen LogP contribution in [-0.4, -0.2) is 37.9 Å². The van der Waals surface area contributed by atoms with Crippen LogP contribution < -0.4 is 9.80 Å². The first-order chi connectivity index (χ1) is 12.8. The van der Waals surface area contributed by atoms with Gasteiger partial charge in [-0.1, -0.05) is 29.8 Å². The lowest BCUT2D eigenvalue weighted by molar-refractivity contribution is -0.125. The topological polar surface area (TPSA) is 57.7 Å². The molecule has 2 aromatic carbocycles. The third-order valence-electron chi connectivity index (χ3n) is 4.41. The zero-order valence-corrected chi connectivity index (χ0v) is 17.0. The van der Waals surface area contributed by atoms with Gasteiger partial charge in [-0.25, -0.2) is 0 Å². The number of carbonyl (C=O) groups excluding carboxylic acids is 2. The molecule has 5 nitrogen and oxygen atoms in total. The molecular weight excluding hydrogens is 383 g/mol. The summed E-state index contributed by atoms with van der Waals surface area (Å²) in [5.74, 6) is -0.557. The molecule has 0 aromatic heterocycles. The van der Waals surface area contributed by atoms with Crippen molar-refractivity contribution in [2.45, 2.75) is 12.8 Å². The van der Waals surface area contributed by atoms with Crippen LogP contribution in [0.2, 0.25) is 5.02 Å². The molecule has 3 rings (SSSR count). The van der Waals surface area contributed by atoms with E-state index in [0.717, 1.165) is 0 Å². The Morgan fingerprint density at radius 2 is 1.70 bits per heavy atom. The average molecular weight is 405 g/mol. The fraction of sp³-hybridized carbons (Fsp3) is 0.300. The zero-order valence-electron chi connectivity index (χ0n) is 15.4. The second kappa shape index (κ2) is 7.87. The van der Waals surface area contributed by atoms with Crippen molar-refractivity contribution < 1.29 is 14.2 Å². The quantitative estimate of drug-likeness (QED) is 0.533. The molecule has 0 fully saturated rings. The Morgan fingerprint density at radius 3 is 2.37 bits per heavy atom. The molecule has 27 heavy (non-hydrogen) atoms. The van der Waals surface area contributed by atoms with Crippen LogP contribution in [0.5, 0.6) is 0 Å². The number of nitrogens with zero attached hydrogens (tertiary/aromatic N) is 2. The molecular formula is C20H22ClN2O3P. The molecule has 0 aliphatic carbocycles. The maximum absolute atomic E-state index is 12.9. The van der Waals surface area contributed by atoms with Gasteiger partial charge in [-0.15, -0.1) is 0 Å². The van der Waals surface area contributed by atoms with E-state index in [4.69, 9.17) is 11.6 Å². The van der Waals surface area contributed by atoms with Crippen LogP contribution in [0.1, 0.15) is 12.8 Å². The summed E-state index contributed by atoms with van der Waals surface area (Å²) in [6.45, 7) is 3.90. The highest BCUT2D eigenvalue weighted by atomic mass is 35.5. The monoisotopic (exact) mass is 404 g/mol. The third kappa shape index (κ3) is 4.60. The molecule has 142 valence electrons. The Bertz CT molecular complexity index is 911. The Kier molecular flexibility index (Phi) is 5.73. The van der Waals surface area contributed by atoms with Gasteiger partial charge in [0.25, 0.3) is 0 Å². The molecule has 2 aromatic rings. The number of halogens is 1. The van der Waals surface area contributed by atoms with Crippen molar-refractivity contribution in [2.24, 2.45) is 0 Å². The highest BCUT2D eigenvalue weighted by Gasteiger charge is 2.32. The minimum Gasteiger partial charge on any atom is -0.324 e. The van der Waals surface area contributed by atoms with Crippen molar-refractivity contribution in [2.75, 3.05) is 35.8 Å². The van der Waals surface area contributed by atoms with Crippen molar-refractivity contribution in [3.05, 3.63) is 53.6 Å². The minimum atomic E-state index is -2.16. The van der Waals surface area contributed by atoms with E-state index in [1.807, 2.05) is 30.3 Å². The van der Waals surface area contributed by atoms with Gasteiger partial charge in [-0.05, 0) is 50.1 Å². The second-order valence-corrected chi connectivity index (χ2v) is 11.1. The summed E-state index contributed by atoms with van der Waals surface area (Å²) in [5, 5.41) is 0.489. The smallest absolute Gasteiger partial charge is 0.241 e. The predicted molar refractivity (Wildman–Crippen MR) is 111 cm³/mol. The number of hydrogen-bond donors (Lipinski definition) is 0. The van der Waals surface area contributed by atoms with E-state index in [2.05, 4.69) is 0 Å². The van der Waals surface area contributed by atoms with Crippen LogP contribution in [0.25, 0.3) is 0 Å². The largest absolute Gasteiger partial charge is 0.324 e. The van der Waals surface area contributed by atoms with Crippen LogP contribution in [-0.2, 0) is 14.2 Å².